The molecule has 0 aromatic carbocycles. The van der Waals surface area contributed by atoms with E-state index in [-0.39, 0.29) is 0 Å². The first-order valence-corrected chi connectivity index (χ1v) is 4.42. The SMILES string of the molecule is COc1nc2c(Cl)nc(C)nc2n1C. The molecule has 6 heteroatoms. The van der Waals surface area contributed by atoms with E-state index in [1.807, 2.05) is 7.05 Å². The zero-order valence-electron chi connectivity index (χ0n) is 8.08. The highest BCUT2D eigenvalue weighted by molar-refractivity contribution is 6.33. The topological polar surface area (TPSA) is 52.8 Å². The standard InChI is InChI=1S/C8H9ClN4O/c1-4-10-6(9)5-7(11-4)13(2)8(12-5)14-3/h1-3H3. The summed E-state index contributed by atoms with van der Waals surface area (Å²) in [7, 11) is 3.37. The average Bonchev–Trinajstić information content (AvgIpc) is 2.44. The van der Waals surface area contributed by atoms with Gasteiger partial charge in [0.05, 0.1) is 7.11 Å². The molecule has 2 heterocycles. The van der Waals surface area contributed by atoms with Crippen LogP contribution in [0, 0.1) is 6.92 Å². The molecule has 0 saturated carbocycles. The van der Waals surface area contributed by atoms with Gasteiger partial charge in [0.15, 0.2) is 10.8 Å². The Balaban J connectivity index is 2.85. The van der Waals surface area contributed by atoms with Crippen LogP contribution in [0.3, 0.4) is 0 Å². The fraction of sp³-hybridized carbons (Fsp3) is 0.375. The van der Waals surface area contributed by atoms with Crippen LogP contribution in [0.15, 0.2) is 0 Å². The number of methoxy groups -OCH3 is 1. The Hall–Kier alpha value is -1.36. The molecule has 0 unspecified atom stereocenters. The molecule has 0 fully saturated rings. The Morgan fingerprint density at radius 3 is 2.64 bits per heavy atom. The molecule has 0 atom stereocenters. The maximum Gasteiger partial charge on any atom is 0.298 e. The quantitative estimate of drug-likeness (QED) is 0.670. The lowest BCUT2D eigenvalue weighted by Gasteiger charge is -1.98. The molecule has 0 bridgehead atoms. The largest absolute Gasteiger partial charge is 0.468 e. The molecule has 0 amide bonds. The van der Waals surface area contributed by atoms with Gasteiger partial charge in [-0.25, -0.2) is 9.97 Å². The third-order valence-electron chi connectivity index (χ3n) is 1.93. The van der Waals surface area contributed by atoms with Crippen LogP contribution in [0.25, 0.3) is 11.2 Å². The fourth-order valence-electron chi connectivity index (χ4n) is 1.29. The lowest BCUT2D eigenvalue weighted by molar-refractivity contribution is 0.368. The molecule has 0 saturated heterocycles. The van der Waals surface area contributed by atoms with Crippen molar-refractivity contribution in [3.8, 4) is 6.01 Å². The lowest BCUT2D eigenvalue weighted by Crippen LogP contribution is -1.96. The molecule has 0 N–H and O–H groups in total. The number of hydrogen-bond donors (Lipinski definition) is 0. The van der Waals surface area contributed by atoms with E-state index in [9.17, 15) is 0 Å². The van der Waals surface area contributed by atoms with Crippen LogP contribution in [0.2, 0.25) is 5.15 Å². The van der Waals surface area contributed by atoms with E-state index in [0.717, 1.165) is 0 Å². The minimum absolute atomic E-state index is 0.353. The molecule has 0 radical (unpaired) electrons. The molecule has 0 aliphatic rings. The Morgan fingerprint density at radius 1 is 1.29 bits per heavy atom. The van der Waals surface area contributed by atoms with E-state index in [2.05, 4.69) is 15.0 Å². The van der Waals surface area contributed by atoms with E-state index in [1.54, 1.807) is 18.6 Å². The van der Waals surface area contributed by atoms with Gasteiger partial charge in [0.2, 0.25) is 0 Å². The fourth-order valence-corrected chi connectivity index (χ4v) is 1.54. The summed E-state index contributed by atoms with van der Waals surface area (Å²) in [5.74, 6) is 0.619. The Kier molecular flexibility index (Phi) is 2.03. The number of aromatic nitrogens is 4. The van der Waals surface area contributed by atoms with Crippen molar-refractivity contribution >= 4 is 22.8 Å². The highest BCUT2D eigenvalue weighted by atomic mass is 35.5. The molecule has 0 aliphatic carbocycles. The monoisotopic (exact) mass is 212 g/mol. The van der Waals surface area contributed by atoms with E-state index in [4.69, 9.17) is 16.3 Å². The van der Waals surface area contributed by atoms with E-state index in [0.29, 0.717) is 28.2 Å². The number of halogens is 1. The average molecular weight is 213 g/mol. The summed E-state index contributed by atoms with van der Waals surface area (Å²) in [6.45, 7) is 1.78. The van der Waals surface area contributed by atoms with Gasteiger partial charge in [-0.05, 0) is 6.92 Å². The van der Waals surface area contributed by atoms with Crippen LogP contribution in [0.4, 0.5) is 0 Å². The summed E-state index contributed by atoms with van der Waals surface area (Å²) >= 11 is 5.92. The summed E-state index contributed by atoms with van der Waals surface area (Å²) in [4.78, 5) is 12.4. The van der Waals surface area contributed by atoms with Gasteiger partial charge in [-0.3, -0.25) is 4.57 Å². The Labute approximate surface area is 85.7 Å². The molecule has 2 aromatic heterocycles. The molecule has 5 nitrogen and oxygen atoms in total. The van der Waals surface area contributed by atoms with Gasteiger partial charge in [-0.15, -0.1) is 0 Å². The van der Waals surface area contributed by atoms with Crippen molar-refractivity contribution in [1.82, 2.24) is 19.5 Å². The van der Waals surface area contributed by atoms with E-state index >= 15 is 0 Å². The normalized spacial score (nSPS) is 10.9. The van der Waals surface area contributed by atoms with E-state index < -0.39 is 0 Å². The van der Waals surface area contributed by atoms with E-state index in [1.165, 1.54) is 0 Å². The molecule has 0 spiro atoms. The number of nitrogens with zero attached hydrogens (tertiary/aromatic N) is 4. The van der Waals surface area contributed by atoms with Crippen LogP contribution in [-0.4, -0.2) is 26.6 Å². The summed E-state index contributed by atoms with van der Waals surface area (Å²) in [5.41, 5.74) is 1.25. The predicted octanol–water partition coefficient (Wildman–Crippen LogP) is 1.33. The summed E-state index contributed by atoms with van der Waals surface area (Å²) in [6.07, 6.45) is 0. The van der Waals surface area contributed by atoms with Crippen molar-refractivity contribution < 1.29 is 4.74 Å². The first-order valence-electron chi connectivity index (χ1n) is 4.04. The molecule has 14 heavy (non-hydrogen) atoms. The number of fused-ring (bicyclic) bond motifs is 1. The van der Waals surface area contributed by atoms with Gasteiger partial charge in [-0.1, -0.05) is 11.6 Å². The predicted molar refractivity (Wildman–Crippen MR) is 52.6 cm³/mol. The van der Waals surface area contributed by atoms with Crippen molar-refractivity contribution in [3.63, 3.8) is 0 Å². The van der Waals surface area contributed by atoms with Crippen LogP contribution < -0.4 is 4.74 Å². The van der Waals surface area contributed by atoms with Gasteiger partial charge >= 0.3 is 0 Å². The number of rotatable bonds is 1. The zero-order valence-corrected chi connectivity index (χ0v) is 8.83. The third kappa shape index (κ3) is 1.21. The van der Waals surface area contributed by atoms with Crippen molar-refractivity contribution in [1.29, 1.82) is 0 Å². The molecule has 74 valence electrons. The van der Waals surface area contributed by atoms with Crippen molar-refractivity contribution in [3.05, 3.63) is 11.0 Å². The maximum atomic E-state index is 5.92. The molecule has 0 aliphatic heterocycles. The van der Waals surface area contributed by atoms with Crippen molar-refractivity contribution in [2.75, 3.05) is 7.11 Å². The number of aryl methyl sites for hydroxylation is 2. The van der Waals surface area contributed by atoms with Crippen LogP contribution in [0.1, 0.15) is 5.82 Å². The van der Waals surface area contributed by atoms with Crippen molar-refractivity contribution in [2.45, 2.75) is 6.92 Å². The van der Waals surface area contributed by atoms with Gasteiger partial charge in [-0.2, -0.15) is 4.98 Å². The van der Waals surface area contributed by atoms with Gasteiger partial charge in [0.1, 0.15) is 11.3 Å². The first kappa shape index (κ1) is 9.21. The minimum atomic E-state index is 0.353. The van der Waals surface area contributed by atoms with Crippen LogP contribution in [0.5, 0.6) is 6.01 Å². The van der Waals surface area contributed by atoms with Crippen LogP contribution >= 0.6 is 11.6 Å². The number of ether oxygens (including phenoxy) is 1. The smallest absolute Gasteiger partial charge is 0.298 e. The second kappa shape index (κ2) is 3.09. The lowest BCUT2D eigenvalue weighted by atomic mass is 10.5. The second-order valence-corrected chi connectivity index (χ2v) is 3.25. The number of hydrogen-bond acceptors (Lipinski definition) is 4. The van der Waals surface area contributed by atoms with Gasteiger partial charge in [0.25, 0.3) is 6.01 Å². The highest BCUT2D eigenvalue weighted by Crippen LogP contribution is 2.23. The van der Waals surface area contributed by atoms with Gasteiger partial charge < -0.3 is 4.74 Å². The highest BCUT2D eigenvalue weighted by Gasteiger charge is 2.13. The summed E-state index contributed by atoms with van der Waals surface area (Å²) in [5, 5.41) is 0.353. The van der Waals surface area contributed by atoms with Gasteiger partial charge in [0, 0.05) is 7.05 Å². The summed E-state index contributed by atoms with van der Waals surface area (Å²) in [6, 6.07) is 0.474. The Bertz CT molecular complexity index is 494. The maximum absolute atomic E-state index is 5.92. The van der Waals surface area contributed by atoms with Crippen LogP contribution in [-0.2, 0) is 7.05 Å². The van der Waals surface area contributed by atoms with Crippen molar-refractivity contribution in [2.24, 2.45) is 7.05 Å². The summed E-state index contributed by atoms with van der Waals surface area (Å²) < 4.78 is 6.78. The molecular formula is C8H9ClN4O. The zero-order chi connectivity index (χ0) is 10.3. The molecular weight excluding hydrogens is 204 g/mol. The molecule has 2 aromatic rings. The third-order valence-corrected chi connectivity index (χ3v) is 2.19. The minimum Gasteiger partial charge on any atom is -0.468 e. The number of imidazole rings is 1. The second-order valence-electron chi connectivity index (χ2n) is 2.89. The molecule has 2 rings (SSSR count). The Morgan fingerprint density at radius 2 is 2.00 bits per heavy atom. The first-order chi connectivity index (χ1) is 6.63.